The summed E-state index contributed by atoms with van der Waals surface area (Å²) in [7, 11) is 0. The Labute approximate surface area is 152 Å². The smallest absolute Gasteiger partial charge is 0.225 e. The van der Waals surface area contributed by atoms with Crippen LogP contribution in [0.4, 0.5) is 5.95 Å². The van der Waals surface area contributed by atoms with Gasteiger partial charge in [0.2, 0.25) is 11.9 Å². The molecule has 2 aromatic heterocycles. The number of nitrogens with one attached hydrogen (secondary N) is 1. The van der Waals surface area contributed by atoms with Gasteiger partial charge in [-0.25, -0.2) is 9.97 Å². The molecule has 1 saturated heterocycles. The minimum Gasteiger partial charge on any atom is -0.467 e. The molecule has 2 aliphatic rings. The Balaban J connectivity index is 1.40. The van der Waals surface area contributed by atoms with Crippen LogP contribution >= 0.6 is 0 Å². The van der Waals surface area contributed by atoms with E-state index in [-0.39, 0.29) is 17.9 Å². The molecule has 1 amide bonds. The molecular formula is C19H24N4O3. The van der Waals surface area contributed by atoms with Crippen LogP contribution in [0.3, 0.4) is 0 Å². The Morgan fingerprint density at radius 2 is 2.23 bits per heavy atom. The first kappa shape index (κ1) is 17.0. The number of morpholine rings is 1. The number of carbonyl (C=O) groups is 1. The van der Waals surface area contributed by atoms with Crippen molar-refractivity contribution in [2.24, 2.45) is 5.92 Å². The number of rotatable bonds is 4. The molecule has 2 aromatic rings. The maximum absolute atomic E-state index is 12.6. The summed E-state index contributed by atoms with van der Waals surface area (Å²) in [5.74, 6) is 1.57. The van der Waals surface area contributed by atoms with E-state index in [1.165, 1.54) is 0 Å². The fraction of sp³-hybridized carbons (Fsp3) is 0.526. The number of fused-ring (bicyclic) bond motifs is 1. The van der Waals surface area contributed by atoms with Crippen molar-refractivity contribution >= 4 is 11.9 Å². The van der Waals surface area contributed by atoms with Crippen LogP contribution in [0.5, 0.6) is 0 Å². The van der Waals surface area contributed by atoms with E-state index in [9.17, 15) is 4.79 Å². The Kier molecular flexibility index (Phi) is 4.88. The molecule has 138 valence electrons. The largest absolute Gasteiger partial charge is 0.467 e. The van der Waals surface area contributed by atoms with Crippen LogP contribution in [0, 0.1) is 5.92 Å². The van der Waals surface area contributed by atoms with Crippen molar-refractivity contribution in [3.8, 4) is 0 Å². The molecule has 1 aliphatic carbocycles. The molecule has 3 heterocycles. The van der Waals surface area contributed by atoms with Gasteiger partial charge in [0.1, 0.15) is 5.76 Å². The molecular weight excluding hydrogens is 332 g/mol. The minimum atomic E-state index is -0.126. The Morgan fingerprint density at radius 3 is 3.00 bits per heavy atom. The zero-order chi connectivity index (χ0) is 17.9. The van der Waals surface area contributed by atoms with Crippen molar-refractivity contribution in [2.45, 2.75) is 32.2 Å². The number of hydrogen-bond donors (Lipinski definition) is 1. The summed E-state index contributed by atoms with van der Waals surface area (Å²) in [4.78, 5) is 24.0. The van der Waals surface area contributed by atoms with Gasteiger partial charge in [-0.3, -0.25) is 4.79 Å². The molecule has 7 heteroatoms. The van der Waals surface area contributed by atoms with Gasteiger partial charge in [0.05, 0.1) is 25.5 Å². The van der Waals surface area contributed by atoms with Crippen LogP contribution in [-0.4, -0.2) is 42.2 Å². The Morgan fingerprint density at radius 1 is 1.38 bits per heavy atom. The normalized spacial score (nSPS) is 21.1. The summed E-state index contributed by atoms with van der Waals surface area (Å²) in [5.41, 5.74) is 2.16. The lowest BCUT2D eigenvalue weighted by molar-refractivity contribution is -0.126. The monoisotopic (exact) mass is 356 g/mol. The highest BCUT2D eigenvalue weighted by molar-refractivity contribution is 5.79. The molecule has 1 fully saturated rings. The third kappa shape index (κ3) is 3.58. The maximum Gasteiger partial charge on any atom is 0.225 e. The van der Waals surface area contributed by atoms with Gasteiger partial charge in [-0.15, -0.1) is 0 Å². The Bertz CT molecular complexity index is 756. The number of amides is 1. The van der Waals surface area contributed by atoms with Crippen molar-refractivity contribution < 1.29 is 13.9 Å². The first-order chi connectivity index (χ1) is 12.7. The molecule has 0 aromatic carbocycles. The van der Waals surface area contributed by atoms with Crippen molar-refractivity contribution in [3.63, 3.8) is 0 Å². The zero-order valence-corrected chi connectivity index (χ0v) is 15.0. The lowest BCUT2D eigenvalue weighted by atomic mass is 9.86. The van der Waals surface area contributed by atoms with E-state index in [1.807, 2.05) is 25.3 Å². The van der Waals surface area contributed by atoms with E-state index in [0.29, 0.717) is 6.42 Å². The highest BCUT2D eigenvalue weighted by Crippen LogP contribution is 2.26. The van der Waals surface area contributed by atoms with Crippen LogP contribution in [0.25, 0.3) is 0 Å². The second-order valence-electron chi connectivity index (χ2n) is 6.93. The van der Waals surface area contributed by atoms with Crippen molar-refractivity contribution in [3.05, 3.63) is 41.6 Å². The third-order valence-corrected chi connectivity index (χ3v) is 5.13. The van der Waals surface area contributed by atoms with Gasteiger partial charge in [-0.05, 0) is 43.9 Å². The molecule has 1 N–H and O–H groups in total. The topological polar surface area (TPSA) is 80.5 Å². The number of aromatic nitrogens is 2. The van der Waals surface area contributed by atoms with Crippen LogP contribution in [0.15, 0.2) is 29.0 Å². The fourth-order valence-electron chi connectivity index (χ4n) is 3.58. The SMILES string of the molecule is C[C@H](NC(=O)[C@@H]1CCc2nc(N3CCOCC3)ncc2C1)c1ccco1. The maximum atomic E-state index is 12.6. The molecule has 0 bridgehead atoms. The van der Waals surface area contributed by atoms with Crippen molar-refractivity contribution in [1.82, 2.24) is 15.3 Å². The number of aryl methyl sites for hydroxylation is 1. The Hall–Kier alpha value is -2.41. The van der Waals surface area contributed by atoms with Crippen LogP contribution in [0.1, 0.15) is 36.4 Å². The van der Waals surface area contributed by atoms with Gasteiger partial charge >= 0.3 is 0 Å². The standard InChI is InChI=1S/C19H24N4O3/c1-13(17-3-2-8-26-17)21-18(24)14-4-5-16-15(11-14)12-20-19(22-16)23-6-9-25-10-7-23/h2-3,8,12-14H,4-7,9-11H2,1H3,(H,21,24)/t13-,14+/m0/s1. The van der Waals surface area contributed by atoms with E-state index >= 15 is 0 Å². The molecule has 0 spiro atoms. The third-order valence-electron chi connectivity index (χ3n) is 5.13. The van der Waals surface area contributed by atoms with Gasteiger partial charge in [-0.2, -0.15) is 0 Å². The summed E-state index contributed by atoms with van der Waals surface area (Å²) in [6, 6.07) is 3.58. The van der Waals surface area contributed by atoms with Gasteiger partial charge in [0.25, 0.3) is 0 Å². The second-order valence-corrected chi connectivity index (χ2v) is 6.93. The second kappa shape index (κ2) is 7.45. The number of ether oxygens (including phenoxy) is 1. The van der Waals surface area contributed by atoms with E-state index in [4.69, 9.17) is 14.1 Å². The first-order valence-corrected chi connectivity index (χ1v) is 9.22. The van der Waals surface area contributed by atoms with E-state index < -0.39 is 0 Å². The summed E-state index contributed by atoms with van der Waals surface area (Å²) in [6.07, 6.45) is 5.82. The highest BCUT2D eigenvalue weighted by atomic mass is 16.5. The number of hydrogen-bond acceptors (Lipinski definition) is 6. The number of carbonyl (C=O) groups excluding carboxylic acids is 1. The van der Waals surface area contributed by atoms with Crippen LogP contribution in [0.2, 0.25) is 0 Å². The van der Waals surface area contributed by atoms with Crippen molar-refractivity contribution in [2.75, 3.05) is 31.2 Å². The van der Waals surface area contributed by atoms with Gasteiger partial charge in [-0.1, -0.05) is 0 Å². The molecule has 0 saturated carbocycles. The average molecular weight is 356 g/mol. The molecule has 1 aliphatic heterocycles. The first-order valence-electron chi connectivity index (χ1n) is 9.22. The van der Waals surface area contributed by atoms with E-state index in [1.54, 1.807) is 6.26 Å². The van der Waals surface area contributed by atoms with Crippen LogP contribution in [-0.2, 0) is 22.4 Å². The van der Waals surface area contributed by atoms with Crippen molar-refractivity contribution in [1.29, 1.82) is 0 Å². The van der Waals surface area contributed by atoms with Gasteiger partial charge in [0, 0.05) is 30.9 Å². The summed E-state index contributed by atoms with van der Waals surface area (Å²) in [5, 5.41) is 3.05. The molecule has 7 nitrogen and oxygen atoms in total. The van der Waals surface area contributed by atoms with Crippen LogP contribution < -0.4 is 10.2 Å². The summed E-state index contributed by atoms with van der Waals surface area (Å²) in [6.45, 7) is 5.03. The summed E-state index contributed by atoms with van der Waals surface area (Å²) >= 11 is 0. The average Bonchev–Trinajstić information content (AvgIpc) is 3.23. The van der Waals surface area contributed by atoms with Gasteiger partial charge in [0.15, 0.2) is 0 Å². The number of nitrogens with zero attached hydrogens (tertiary/aromatic N) is 3. The number of anilines is 1. The van der Waals surface area contributed by atoms with E-state index in [2.05, 4.69) is 15.2 Å². The predicted molar refractivity (Wildman–Crippen MR) is 95.8 cm³/mol. The molecule has 0 unspecified atom stereocenters. The van der Waals surface area contributed by atoms with E-state index in [0.717, 1.165) is 62.1 Å². The number of furan rings is 1. The molecule has 26 heavy (non-hydrogen) atoms. The predicted octanol–water partition coefficient (Wildman–Crippen LogP) is 1.89. The molecule has 2 atom stereocenters. The minimum absolute atomic E-state index is 0.0438. The highest BCUT2D eigenvalue weighted by Gasteiger charge is 2.28. The summed E-state index contributed by atoms with van der Waals surface area (Å²) < 4.78 is 10.7. The fourth-order valence-corrected chi connectivity index (χ4v) is 3.58. The zero-order valence-electron chi connectivity index (χ0n) is 15.0. The molecule has 4 rings (SSSR count). The molecule has 0 radical (unpaired) electrons. The van der Waals surface area contributed by atoms with Gasteiger partial charge < -0.3 is 19.4 Å². The quantitative estimate of drug-likeness (QED) is 0.901. The lowest BCUT2D eigenvalue weighted by Gasteiger charge is -2.29. The lowest BCUT2D eigenvalue weighted by Crippen LogP contribution is -2.38.